The standard InChI is InChI=1S/C12H7Cl2N5/c13-10-17-11(14)19-12(18-10)16-8-3-4-9-7(6-8)2-1-5-15-9/h1-6H,(H,16,17,18,19). The van der Waals surface area contributed by atoms with Gasteiger partial charge in [-0.2, -0.15) is 15.0 Å². The first kappa shape index (κ1) is 12.1. The molecule has 1 aromatic carbocycles. The zero-order valence-electron chi connectivity index (χ0n) is 9.51. The highest BCUT2D eigenvalue weighted by Gasteiger charge is 2.04. The van der Waals surface area contributed by atoms with E-state index in [0.29, 0.717) is 5.95 Å². The second kappa shape index (κ2) is 4.95. The molecular formula is C12H7Cl2N5. The minimum absolute atomic E-state index is 0.0463. The van der Waals surface area contributed by atoms with E-state index in [4.69, 9.17) is 23.2 Å². The highest BCUT2D eigenvalue weighted by molar-refractivity contribution is 6.31. The van der Waals surface area contributed by atoms with Crippen LogP contribution in [0.2, 0.25) is 10.6 Å². The molecule has 7 heteroatoms. The summed E-state index contributed by atoms with van der Waals surface area (Å²) in [6, 6.07) is 9.57. The number of halogens is 2. The van der Waals surface area contributed by atoms with Gasteiger partial charge in [0.15, 0.2) is 0 Å². The number of nitrogens with zero attached hydrogens (tertiary/aromatic N) is 4. The first-order valence-electron chi connectivity index (χ1n) is 5.39. The second-order valence-electron chi connectivity index (χ2n) is 3.73. The first-order chi connectivity index (χ1) is 9.20. The third kappa shape index (κ3) is 2.72. The van der Waals surface area contributed by atoms with E-state index in [1.165, 1.54) is 0 Å². The number of nitrogens with one attached hydrogen (secondary N) is 1. The quantitative estimate of drug-likeness (QED) is 0.783. The van der Waals surface area contributed by atoms with Gasteiger partial charge in [-0.05, 0) is 47.5 Å². The number of benzene rings is 1. The summed E-state index contributed by atoms with van der Waals surface area (Å²) in [7, 11) is 0. The number of pyridine rings is 1. The number of aromatic nitrogens is 4. The maximum absolute atomic E-state index is 5.71. The van der Waals surface area contributed by atoms with Crippen molar-refractivity contribution in [3.63, 3.8) is 0 Å². The zero-order valence-corrected chi connectivity index (χ0v) is 11.0. The minimum atomic E-state index is 0.0463. The smallest absolute Gasteiger partial charge is 0.232 e. The van der Waals surface area contributed by atoms with E-state index in [-0.39, 0.29) is 10.6 Å². The van der Waals surface area contributed by atoms with Gasteiger partial charge in [0.2, 0.25) is 16.5 Å². The molecule has 3 aromatic rings. The summed E-state index contributed by atoms with van der Waals surface area (Å²) in [5.74, 6) is 0.299. The summed E-state index contributed by atoms with van der Waals surface area (Å²) in [5.41, 5.74) is 1.73. The van der Waals surface area contributed by atoms with Crippen molar-refractivity contribution in [2.75, 3.05) is 5.32 Å². The van der Waals surface area contributed by atoms with Crippen LogP contribution in [0.15, 0.2) is 36.5 Å². The molecule has 0 bridgehead atoms. The fourth-order valence-corrected chi connectivity index (χ4v) is 2.03. The van der Waals surface area contributed by atoms with E-state index in [0.717, 1.165) is 16.6 Å². The summed E-state index contributed by atoms with van der Waals surface area (Å²) in [5, 5.41) is 4.12. The molecule has 0 unspecified atom stereocenters. The van der Waals surface area contributed by atoms with Crippen LogP contribution < -0.4 is 5.32 Å². The summed E-state index contributed by atoms with van der Waals surface area (Å²) < 4.78 is 0. The summed E-state index contributed by atoms with van der Waals surface area (Å²) in [4.78, 5) is 15.8. The van der Waals surface area contributed by atoms with Crippen molar-refractivity contribution >= 4 is 45.7 Å². The van der Waals surface area contributed by atoms with E-state index in [2.05, 4.69) is 25.3 Å². The normalized spacial score (nSPS) is 10.6. The van der Waals surface area contributed by atoms with Gasteiger partial charge < -0.3 is 5.32 Å². The van der Waals surface area contributed by atoms with Gasteiger partial charge >= 0.3 is 0 Å². The molecule has 0 aliphatic carbocycles. The van der Waals surface area contributed by atoms with Gasteiger partial charge in [0.05, 0.1) is 5.52 Å². The Kier molecular flexibility index (Phi) is 3.15. The summed E-state index contributed by atoms with van der Waals surface area (Å²) in [6.45, 7) is 0. The Balaban J connectivity index is 1.96. The molecule has 0 amide bonds. The number of rotatable bonds is 2. The Morgan fingerprint density at radius 1 is 0.947 bits per heavy atom. The van der Waals surface area contributed by atoms with Gasteiger partial charge in [-0.15, -0.1) is 0 Å². The molecule has 94 valence electrons. The van der Waals surface area contributed by atoms with Gasteiger partial charge in [0.25, 0.3) is 0 Å². The number of anilines is 2. The van der Waals surface area contributed by atoms with Gasteiger partial charge in [-0.3, -0.25) is 4.98 Å². The highest BCUT2D eigenvalue weighted by atomic mass is 35.5. The van der Waals surface area contributed by atoms with Crippen molar-refractivity contribution in [1.82, 2.24) is 19.9 Å². The fraction of sp³-hybridized carbons (Fsp3) is 0. The van der Waals surface area contributed by atoms with Crippen LogP contribution in [0, 0.1) is 0 Å². The van der Waals surface area contributed by atoms with Gasteiger partial charge in [0.1, 0.15) is 0 Å². The molecule has 0 atom stereocenters. The van der Waals surface area contributed by atoms with Crippen molar-refractivity contribution in [3.05, 3.63) is 47.1 Å². The first-order valence-corrected chi connectivity index (χ1v) is 6.15. The summed E-state index contributed by atoms with van der Waals surface area (Å²) >= 11 is 11.4. The maximum atomic E-state index is 5.71. The SMILES string of the molecule is Clc1nc(Cl)nc(Nc2ccc3ncccc3c2)n1. The van der Waals surface area contributed by atoms with E-state index in [1.807, 2.05) is 30.3 Å². The number of hydrogen-bond acceptors (Lipinski definition) is 5. The molecule has 0 fully saturated rings. The lowest BCUT2D eigenvalue weighted by Gasteiger charge is -2.06. The Hall–Kier alpha value is -1.98. The predicted molar refractivity (Wildman–Crippen MR) is 74.9 cm³/mol. The molecule has 0 spiro atoms. The average molecular weight is 292 g/mol. The molecule has 0 radical (unpaired) electrons. The molecule has 0 aliphatic rings. The highest BCUT2D eigenvalue weighted by Crippen LogP contribution is 2.20. The van der Waals surface area contributed by atoms with Crippen LogP contribution in [-0.2, 0) is 0 Å². The van der Waals surface area contributed by atoms with Crippen molar-refractivity contribution < 1.29 is 0 Å². The molecule has 0 saturated heterocycles. The minimum Gasteiger partial charge on any atom is -0.324 e. The number of fused-ring (bicyclic) bond motifs is 1. The lowest BCUT2D eigenvalue weighted by Crippen LogP contribution is -1.99. The van der Waals surface area contributed by atoms with Crippen LogP contribution in [0.3, 0.4) is 0 Å². The number of hydrogen-bond donors (Lipinski definition) is 1. The average Bonchev–Trinajstić information content (AvgIpc) is 2.37. The molecule has 2 aromatic heterocycles. The Labute approximate surface area is 118 Å². The van der Waals surface area contributed by atoms with Crippen molar-refractivity contribution in [2.24, 2.45) is 0 Å². The van der Waals surface area contributed by atoms with Crippen LogP contribution in [-0.4, -0.2) is 19.9 Å². The van der Waals surface area contributed by atoms with Crippen LogP contribution in [0.1, 0.15) is 0 Å². The van der Waals surface area contributed by atoms with Crippen molar-refractivity contribution in [2.45, 2.75) is 0 Å². The van der Waals surface area contributed by atoms with Gasteiger partial charge in [-0.1, -0.05) is 6.07 Å². The molecule has 3 rings (SSSR count). The maximum Gasteiger partial charge on any atom is 0.232 e. The van der Waals surface area contributed by atoms with E-state index < -0.39 is 0 Å². The van der Waals surface area contributed by atoms with Crippen molar-refractivity contribution in [3.8, 4) is 0 Å². The van der Waals surface area contributed by atoms with E-state index in [9.17, 15) is 0 Å². The third-order valence-corrected chi connectivity index (χ3v) is 2.78. The second-order valence-corrected chi connectivity index (χ2v) is 4.41. The van der Waals surface area contributed by atoms with E-state index in [1.54, 1.807) is 6.20 Å². The van der Waals surface area contributed by atoms with Gasteiger partial charge in [-0.25, -0.2) is 0 Å². The monoisotopic (exact) mass is 291 g/mol. The summed E-state index contributed by atoms with van der Waals surface area (Å²) in [6.07, 6.45) is 1.75. The third-order valence-electron chi connectivity index (χ3n) is 2.44. The Morgan fingerprint density at radius 2 is 1.74 bits per heavy atom. The zero-order chi connectivity index (χ0) is 13.2. The topological polar surface area (TPSA) is 63.6 Å². The van der Waals surface area contributed by atoms with Gasteiger partial charge in [0, 0.05) is 17.3 Å². The predicted octanol–water partition coefficient (Wildman–Crippen LogP) is 3.47. The molecule has 2 heterocycles. The molecule has 19 heavy (non-hydrogen) atoms. The molecule has 1 N–H and O–H groups in total. The van der Waals surface area contributed by atoms with Crippen LogP contribution >= 0.6 is 23.2 Å². The largest absolute Gasteiger partial charge is 0.324 e. The van der Waals surface area contributed by atoms with Crippen LogP contribution in [0.4, 0.5) is 11.6 Å². The molecule has 0 saturated carbocycles. The Bertz CT molecular complexity index is 727. The van der Waals surface area contributed by atoms with Crippen LogP contribution in [0.5, 0.6) is 0 Å². The lowest BCUT2D eigenvalue weighted by atomic mass is 10.2. The lowest BCUT2D eigenvalue weighted by molar-refractivity contribution is 1.05. The fourth-order valence-electron chi connectivity index (χ4n) is 1.66. The van der Waals surface area contributed by atoms with Crippen LogP contribution in [0.25, 0.3) is 10.9 Å². The van der Waals surface area contributed by atoms with E-state index >= 15 is 0 Å². The molecule has 5 nitrogen and oxygen atoms in total. The molecule has 0 aliphatic heterocycles. The molecular weight excluding hydrogens is 285 g/mol. The Morgan fingerprint density at radius 3 is 2.53 bits per heavy atom. The van der Waals surface area contributed by atoms with Crippen molar-refractivity contribution in [1.29, 1.82) is 0 Å².